The van der Waals surface area contributed by atoms with Crippen LogP contribution in [0.4, 0.5) is 0 Å². The number of allylic oxidation sites excluding steroid dienone is 1. The molecular weight excluding hydrogens is 261 g/mol. The molecule has 0 saturated carbocycles. The van der Waals surface area contributed by atoms with Gasteiger partial charge < -0.3 is 17.2 Å². The normalized spacial score (nSPS) is 11.1. The minimum absolute atomic E-state index is 0.180. The summed E-state index contributed by atoms with van der Waals surface area (Å²) in [6.45, 7) is 3.57. The van der Waals surface area contributed by atoms with Gasteiger partial charge in [0.2, 0.25) is 5.96 Å². The van der Waals surface area contributed by atoms with E-state index in [0.29, 0.717) is 15.6 Å². The van der Waals surface area contributed by atoms with Crippen LogP contribution < -0.4 is 17.2 Å². The summed E-state index contributed by atoms with van der Waals surface area (Å²) >= 11 is 11.9. The quantitative estimate of drug-likeness (QED) is 0.440. The van der Waals surface area contributed by atoms with Gasteiger partial charge >= 0.3 is 0 Å². The molecule has 1 aromatic rings. The summed E-state index contributed by atoms with van der Waals surface area (Å²) in [6.07, 6.45) is 0. The fourth-order valence-electron chi connectivity index (χ4n) is 1.09. The van der Waals surface area contributed by atoms with Gasteiger partial charge in [0.15, 0.2) is 0 Å². The molecule has 0 aliphatic carbocycles. The molecule has 90 valence electrons. The summed E-state index contributed by atoms with van der Waals surface area (Å²) < 4.78 is 0. The van der Waals surface area contributed by atoms with Gasteiger partial charge in [-0.2, -0.15) is 0 Å². The van der Waals surface area contributed by atoms with Gasteiger partial charge in [-0.1, -0.05) is 41.9 Å². The first-order chi connectivity index (χ1) is 7.93. The topological polar surface area (TPSA) is 103 Å². The number of hydrogen-bond donors (Lipinski definition) is 3. The number of benzene rings is 1. The highest BCUT2D eigenvalue weighted by atomic mass is 35.5. The van der Waals surface area contributed by atoms with E-state index in [1.807, 2.05) is 0 Å². The molecule has 6 N–H and O–H groups in total. The zero-order chi connectivity index (χ0) is 13.0. The second kappa shape index (κ2) is 5.56. The second-order valence-corrected chi connectivity index (χ2v) is 3.89. The van der Waals surface area contributed by atoms with E-state index in [-0.39, 0.29) is 17.4 Å². The summed E-state index contributed by atoms with van der Waals surface area (Å²) in [5, 5.41) is 7.98. The molecule has 5 nitrogen and oxygen atoms in total. The van der Waals surface area contributed by atoms with Crippen molar-refractivity contribution in [1.29, 1.82) is 0 Å². The van der Waals surface area contributed by atoms with Crippen LogP contribution >= 0.6 is 23.2 Å². The zero-order valence-electron chi connectivity index (χ0n) is 8.82. The van der Waals surface area contributed by atoms with Gasteiger partial charge in [0.25, 0.3) is 0 Å². The molecule has 0 heterocycles. The van der Waals surface area contributed by atoms with Gasteiger partial charge in [0.05, 0.1) is 15.7 Å². The maximum atomic E-state index is 6.03. The molecule has 7 heteroatoms. The number of rotatable bonds is 3. The first kappa shape index (κ1) is 13.3. The van der Waals surface area contributed by atoms with E-state index >= 15 is 0 Å². The Kier molecular flexibility index (Phi) is 4.37. The van der Waals surface area contributed by atoms with Crippen molar-refractivity contribution in [2.45, 2.75) is 0 Å². The third-order valence-electron chi connectivity index (χ3n) is 1.78. The molecule has 0 atom stereocenters. The molecule has 0 saturated heterocycles. The third kappa shape index (κ3) is 3.37. The molecule has 1 rings (SSSR count). The lowest BCUT2D eigenvalue weighted by Gasteiger charge is -2.07. The first-order valence-electron chi connectivity index (χ1n) is 4.49. The Labute approximate surface area is 109 Å². The van der Waals surface area contributed by atoms with Crippen molar-refractivity contribution in [2.24, 2.45) is 27.4 Å². The van der Waals surface area contributed by atoms with Gasteiger partial charge in [-0.3, -0.25) is 0 Å². The predicted molar refractivity (Wildman–Crippen MR) is 72.1 cm³/mol. The van der Waals surface area contributed by atoms with Crippen molar-refractivity contribution in [1.82, 2.24) is 0 Å². The largest absolute Gasteiger partial charge is 0.397 e. The molecule has 0 aliphatic heterocycles. The van der Waals surface area contributed by atoms with Gasteiger partial charge in [0, 0.05) is 5.56 Å². The Hall–Kier alpha value is -1.72. The maximum Gasteiger partial charge on any atom is 0.211 e. The van der Waals surface area contributed by atoms with Crippen LogP contribution in [-0.2, 0) is 0 Å². The lowest BCUT2D eigenvalue weighted by Crippen LogP contribution is -2.22. The van der Waals surface area contributed by atoms with Crippen molar-refractivity contribution in [3.8, 4) is 0 Å². The molecule has 0 aliphatic rings. The number of hydrogen-bond acceptors (Lipinski definition) is 3. The molecule has 0 spiro atoms. The van der Waals surface area contributed by atoms with Crippen LogP contribution in [-0.4, -0.2) is 11.7 Å². The summed E-state index contributed by atoms with van der Waals surface area (Å²) in [6, 6.07) is 5.04. The second-order valence-electron chi connectivity index (χ2n) is 3.10. The van der Waals surface area contributed by atoms with Crippen molar-refractivity contribution >= 4 is 34.9 Å². The van der Waals surface area contributed by atoms with Gasteiger partial charge in [-0.25, -0.2) is 0 Å². The fraction of sp³-hybridized carbons (Fsp3) is 0. The van der Waals surface area contributed by atoms with Gasteiger partial charge in [0.1, 0.15) is 5.71 Å². The minimum atomic E-state index is -0.193. The fourth-order valence-corrected chi connectivity index (χ4v) is 1.48. The van der Waals surface area contributed by atoms with E-state index in [4.69, 9.17) is 40.4 Å². The van der Waals surface area contributed by atoms with Gasteiger partial charge in [-0.15, -0.1) is 10.2 Å². The standard InChI is InChI=1S/C10H11Cl2N5/c1-5(13)9(16-17-10(14)15)6-3-2-4-7(11)8(6)12/h2-4H,1,13H2,(H4,14,15,17)/b16-9+. The van der Waals surface area contributed by atoms with Crippen LogP contribution in [0.3, 0.4) is 0 Å². The maximum absolute atomic E-state index is 6.03. The SMILES string of the molecule is C=C(N)/C(=N\N=C(N)N)c1cccc(Cl)c1Cl. The zero-order valence-corrected chi connectivity index (χ0v) is 10.3. The molecule has 1 aromatic carbocycles. The predicted octanol–water partition coefficient (Wildman–Crippen LogP) is 1.44. The molecule has 0 amide bonds. The molecule has 0 radical (unpaired) electrons. The highest BCUT2D eigenvalue weighted by molar-refractivity contribution is 6.44. The highest BCUT2D eigenvalue weighted by Crippen LogP contribution is 2.26. The van der Waals surface area contributed by atoms with Crippen molar-refractivity contribution in [2.75, 3.05) is 0 Å². The molecule has 0 bridgehead atoms. The van der Waals surface area contributed by atoms with Crippen molar-refractivity contribution < 1.29 is 0 Å². The van der Waals surface area contributed by atoms with Crippen LogP contribution in [0.25, 0.3) is 0 Å². The molecule has 17 heavy (non-hydrogen) atoms. The van der Waals surface area contributed by atoms with E-state index < -0.39 is 0 Å². The van der Waals surface area contributed by atoms with Crippen LogP contribution in [0, 0.1) is 0 Å². The van der Waals surface area contributed by atoms with Crippen LogP contribution in [0.5, 0.6) is 0 Å². The van der Waals surface area contributed by atoms with Crippen molar-refractivity contribution in [3.63, 3.8) is 0 Å². The Balaban J connectivity index is 3.34. The average molecular weight is 272 g/mol. The highest BCUT2D eigenvalue weighted by Gasteiger charge is 2.12. The number of nitrogens with zero attached hydrogens (tertiary/aromatic N) is 2. The Bertz CT molecular complexity index is 503. The molecule has 0 aromatic heterocycles. The Morgan fingerprint density at radius 1 is 1.12 bits per heavy atom. The van der Waals surface area contributed by atoms with E-state index in [2.05, 4.69) is 16.8 Å². The van der Waals surface area contributed by atoms with Crippen LogP contribution in [0.1, 0.15) is 5.56 Å². The summed E-state index contributed by atoms with van der Waals surface area (Å²) in [4.78, 5) is 0. The number of nitrogens with two attached hydrogens (primary N) is 3. The van der Waals surface area contributed by atoms with E-state index in [1.165, 1.54) is 0 Å². The Morgan fingerprint density at radius 3 is 2.29 bits per heavy atom. The van der Waals surface area contributed by atoms with Gasteiger partial charge in [-0.05, 0) is 6.07 Å². The summed E-state index contributed by atoms with van der Waals surface area (Å²) in [5.74, 6) is -0.193. The average Bonchev–Trinajstić information content (AvgIpc) is 2.23. The molecular formula is C10H11Cl2N5. The third-order valence-corrected chi connectivity index (χ3v) is 2.60. The molecule has 0 unspecified atom stereocenters. The summed E-state index contributed by atoms with van der Waals surface area (Å²) in [5.41, 5.74) is 16.9. The van der Waals surface area contributed by atoms with Crippen molar-refractivity contribution in [3.05, 3.63) is 46.1 Å². The van der Waals surface area contributed by atoms with Crippen LogP contribution in [0.15, 0.2) is 40.7 Å². The number of guanidine groups is 1. The Morgan fingerprint density at radius 2 is 1.76 bits per heavy atom. The lowest BCUT2D eigenvalue weighted by atomic mass is 10.1. The van der Waals surface area contributed by atoms with E-state index in [9.17, 15) is 0 Å². The molecule has 0 fully saturated rings. The minimum Gasteiger partial charge on any atom is -0.397 e. The smallest absolute Gasteiger partial charge is 0.211 e. The number of halogens is 2. The first-order valence-corrected chi connectivity index (χ1v) is 5.24. The van der Waals surface area contributed by atoms with E-state index in [1.54, 1.807) is 18.2 Å². The summed E-state index contributed by atoms with van der Waals surface area (Å²) in [7, 11) is 0. The lowest BCUT2D eigenvalue weighted by molar-refractivity contribution is 1.19. The van der Waals surface area contributed by atoms with E-state index in [0.717, 1.165) is 0 Å². The van der Waals surface area contributed by atoms with Crippen LogP contribution in [0.2, 0.25) is 10.0 Å². The monoisotopic (exact) mass is 271 g/mol.